The van der Waals surface area contributed by atoms with Gasteiger partial charge in [0.05, 0.1) is 24.1 Å². The Bertz CT molecular complexity index is 1090. The van der Waals surface area contributed by atoms with Crippen molar-refractivity contribution in [2.24, 2.45) is 0 Å². The van der Waals surface area contributed by atoms with Crippen molar-refractivity contribution in [3.05, 3.63) is 78.0 Å². The van der Waals surface area contributed by atoms with Gasteiger partial charge in [0.25, 0.3) is 6.43 Å². The molecule has 0 radical (unpaired) electrons. The van der Waals surface area contributed by atoms with Gasteiger partial charge in [-0.05, 0) is 49.1 Å². The molecule has 3 aromatic heterocycles. The molecule has 3 aromatic rings. The van der Waals surface area contributed by atoms with E-state index in [1.807, 2.05) is 29.7 Å². The number of rotatable bonds is 7. The zero-order valence-electron chi connectivity index (χ0n) is 17.2. The fourth-order valence-electron chi connectivity index (χ4n) is 4.18. The number of hydrogen-bond donors (Lipinski definition) is 1. The Morgan fingerprint density at radius 3 is 2.67 bits per heavy atom. The van der Waals surface area contributed by atoms with Gasteiger partial charge < -0.3 is 5.32 Å². The van der Waals surface area contributed by atoms with Crippen LogP contribution in [0.5, 0.6) is 0 Å². The first kappa shape index (κ1) is 20.3. The highest BCUT2D eigenvalue weighted by Crippen LogP contribution is 2.34. The molecule has 0 amide bonds. The third-order valence-electron chi connectivity index (χ3n) is 5.84. The number of imidazole rings is 1. The van der Waals surface area contributed by atoms with Gasteiger partial charge in [-0.2, -0.15) is 0 Å². The van der Waals surface area contributed by atoms with Crippen LogP contribution in [0.2, 0.25) is 0 Å². The fraction of sp³-hybridized carbons (Fsp3) is 0.333. The van der Waals surface area contributed by atoms with E-state index >= 15 is 0 Å². The first-order valence-corrected chi connectivity index (χ1v) is 10.3. The average molecular weight is 408 g/mol. The van der Waals surface area contributed by atoms with E-state index in [-0.39, 0.29) is 0 Å². The second kappa shape index (κ2) is 8.38. The lowest BCUT2D eigenvalue weighted by Gasteiger charge is -2.14. The number of halogens is 2. The molecule has 1 aliphatic carbocycles. The molecule has 1 N–H and O–H groups in total. The molecule has 0 unspecified atom stereocenters. The molecule has 4 nitrogen and oxygen atoms in total. The topological polar surface area (TPSA) is 42.2 Å². The molecule has 1 saturated carbocycles. The quantitative estimate of drug-likeness (QED) is 0.555. The van der Waals surface area contributed by atoms with Crippen LogP contribution in [0.15, 0.2) is 49.8 Å². The summed E-state index contributed by atoms with van der Waals surface area (Å²) in [7, 11) is 0. The molecule has 1 fully saturated rings. The maximum atomic E-state index is 12.5. The van der Waals surface area contributed by atoms with Crippen molar-refractivity contribution in [3.63, 3.8) is 0 Å². The molecule has 0 spiro atoms. The van der Waals surface area contributed by atoms with E-state index in [9.17, 15) is 8.78 Å². The van der Waals surface area contributed by atoms with Crippen molar-refractivity contribution in [2.75, 3.05) is 6.54 Å². The molecule has 0 saturated heterocycles. The Hall–Kier alpha value is -3.02. The van der Waals surface area contributed by atoms with E-state index in [0.717, 1.165) is 22.4 Å². The third-order valence-corrected chi connectivity index (χ3v) is 5.84. The summed E-state index contributed by atoms with van der Waals surface area (Å²) in [6.45, 7) is 9.75. The van der Waals surface area contributed by atoms with Crippen LogP contribution in [0.25, 0.3) is 16.9 Å². The lowest BCUT2D eigenvalue weighted by molar-refractivity contribution is 0.151. The van der Waals surface area contributed by atoms with E-state index < -0.39 is 13.0 Å². The van der Waals surface area contributed by atoms with Crippen molar-refractivity contribution < 1.29 is 8.78 Å². The molecule has 1 aliphatic rings. The predicted molar refractivity (Wildman–Crippen MR) is 117 cm³/mol. The molecular weight excluding hydrogens is 382 g/mol. The largest absolute Gasteiger partial charge is 0.378 e. The number of aryl methyl sites for hydroxylation is 1. The van der Waals surface area contributed by atoms with E-state index in [1.165, 1.54) is 31.4 Å². The van der Waals surface area contributed by atoms with Crippen LogP contribution >= 0.6 is 0 Å². The van der Waals surface area contributed by atoms with Gasteiger partial charge in [-0.25, -0.2) is 13.8 Å². The zero-order chi connectivity index (χ0) is 21.3. The average Bonchev–Trinajstić information content (AvgIpc) is 3.41. The number of pyridine rings is 2. The predicted octanol–water partition coefficient (Wildman–Crippen LogP) is 5.58. The van der Waals surface area contributed by atoms with Crippen LogP contribution in [-0.4, -0.2) is 27.3 Å². The summed E-state index contributed by atoms with van der Waals surface area (Å²) in [6.07, 6.45) is 6.10. The first-order valence-electron chi connectivity index (χ1n) is 10.3. The fourth-order valence-corrected chi connectivity index (χ4v) is 4.18. The maximum Gasteiger partial charge on any atom is 0.255 e. The summed E-state index contributed by atoms with van der Waals surface area (Å²) in [5.74, 6) is 0.572. The Kier molecular flexibility index (Phi) is 5.66. The van der Waals surface area contributed by atoms with Crippen molar-refractivity contribution in [3.8, 4) is 0 Å². The summed E-state index contributed by atoms with van der Waals surface area (Å²) in [4.78, 5) is 9.21. The Morgan fingerprint density at radius 1 is 1.20 bits per heavy atom. The van der Waals surface area contributed by atoms with Crippen LogP contribution in [0.4, 0.5) is 8.78 Å². The van der Waals surface area contributed by atoms with Gasteiger partial charge in [0.2, 0.25) is 0 Å². The highest BCUT2D eigenvalue weighted by molar-refractivity contribution is 5.79. The van der Waals surface area contributed by atoms with Crippen molar-refractivity contribution in [1.82, 2.24) is 19.7 Å². The number of alkyl halides is 2. The van der Waals surface area contributed by atoms with Gasteiger partial charge in [-0.15, -0.1) is 0 Å². The van der Waals surface area contributed by atoms with Gasteiger partial charge in [0.1, 0.15) is 5.65 Å². The minimum absolute atomic E-state index is 0.407. The van der Waals surface area contributed by atoms with Crippen LogP contribution in [0.1, 0.15) is 59.8 Å². The standard InChI is InChI=1S/C24H26F2N4/c1-15(20-9-10-21(29-16(20)2)18-6-4-5-7-18)19-8-11-24-28-12-22(30(24)14-19)17(3)27-13-23(25)26/h8-12,14,18,23,27H,1,3-7,13H2,2H3. The van der Waals surface area contributed by atoms with E-state index in [4.69, 9.17) is 4.98 Å². The van der Waals surface area contributed by atoms with Gasteiger partial charge >= 0.3 is 0 Å². The lowest BCUT2D eigenvalue weighted by atomic mass is 9.97. The molecule has 0 aromatic carbocycles. The Labute approximate surface area is 175 Å². The van der Waals surface area contributed by atoms with E-state index in [1.54, 1.807) is 6.20 Å². The molecule has 0 atom stereocenters. The van der Waals surface area contributed by atoms with Gasteiger partial charge in [-0.1, -0.05) is 32.1 Å². The zero-order valence-corrected chi connectivity index (χ0v) is 17.2. The van der Waals surface area contributed by atoms with Crippen molar-refractivity contribution >= 4 is 16.9 Å². The summed E-state index contributed by atoms with van der Waals surface area (Å²) in [5.41, 5.74) is 6.71. The molecule has 6 heteroatoms. The molecular formula is C24H26F2N4. The van der Waals surface area contributed by atoms with Crippen molar-refractivity contribution in [1.29, 1.82) is 0 Å². The molecule has 30 heavy (non-hydrogen) atoms. The van der Waals surface area contributed by atoms with Gasteiger partial charge in [0.15, 0.2) is 0 Å². The highest BCUT2D eigenvalue weighted by atomic mass is 19.3. The van der Waals surface area contributed by atoms with E-state index in [2.05, 4.69) is 35.6 Å². The van der Waals surface area contributed by atoms with Crippen LogP contribution in [0.3, 0.4) is 0 Å². The number of aromatic nitrogens is 3. The number of fused-ring (bicyclic) bond motifs is 1. The maximum absolute atomic E-state index is 12.5. The Morgan fingerprint density at radius 2 is 1.97 bits per heavy atom. The van der Waals surface area contributed by atoms with Crippen molar-refractivity contribution in [2.45, 2.75) is 45.0 Å². The summed E-state index contributed by atoms with van der Waals surface area (Å²) < 4.78 is 26.9. The minimum atomic E-state index is -2.45. The summed E-state index contributed by atoms with van der Waals surface area (Å²) >= 11 is 0. The summed E-state index contributed by atoms with van der Waals surface area (Å²) in [6, 6.07) is 8.09. The number of nitrogens with zero attached hydrogens (tertiary/aromatic N) is 3. The van der Waals surface area contributed by atoms with Gasteiger partial charge in [-0.3, -0.25) is 9.38 Å². The Balaban J connectivity index is 1.62. The monoisotopic (exact) mass is 408 g/mol. The highest BCUT2D eigenvalue weighted by Gasteiger charge is 2.19. The minimum Gasteiger partial charge on any atom is -0.378 e. The van der Waals surface area contributed by atoms with Crippen LogP contribution in [0, 0.1) is 6.92 Å². The molecule has 3 heterocycles. The smallest absolute Gasteiger partial charge is 0.255 e. The second-order valence-corrected chi connectivity index (χ2v) is 7.87. The van der Waals surface area contributed by atoms with Crippen LogP contribution in [-0.2, 0) is 0 Å². The molecule has 4 rings (SSSR count). The third kappa shape index (κ3) is 3.99. The normalized spacial score (nSPS) is 14.5. The van der Waals surface area contributed by atoms with Gasteiger partial charge in [0, 0.05) is 29.1 Å². The lowest BCUT2D eigenvalue weighted by Crippen LogP contribution is -2.19. The molecule has 0 bridgehead atoms. The first-order chi connectivity index (χ1) is 14.4. The SMILES string of the molecule is C=C(c1ccc2ncc(C(=C)NCC(F)F)n2c1)c1ccc(C2CCCC2)nc1C. The van der Waals surface area contributed by atoms with E-state index in [0.29, 0.717) is 23.0 Å². The molecule has 0 aliphatic heterocycles. The summed E-state index contributed by atoms with van der Waals surface area (Å²) in [5, 5.41) is 2.66. The molecule has 156 valence electrons. The van der Waals surface area contributed by atoms with Crippen LogP contribution < -0.4 is 5.32 Å². The number of hydrogen-bond acceptors (Lipinski definition) is 3. The number of nitrogens with one attached hydrogen (secondary N) is 1. The second-order valence-electron chi connectivity index (χ2n) is 7.87.